The lowest BCUT2D eigenvalue weighted by atomic mass is 10.0. The molecule has 0 amide bonds. The first-order chi connectivity index (χ1) is 9.65. The molecule has 2 aromatic rings. The van der Waals surface area contributed by atoms with Crippen LogP contribution in [0.2, 0.25) is 0 Å². The van der Waals surface area contributed by atoms with E-state index in [4.69, 9.17) is 5.26 Å². The molecule has 0 unspecified atom stereocenters. The van der Waals surface area contributed by atoms with Crippen LogP contribution in [-0.2, 0) is 13.6 Å². The summed E-state index contributed by atoms with van der Waals surface area (Å²) < 4.78 is 1.93. The molecule has 0 aliphatic heterocycles. The summed E-state index contributed by atoms with van der Waals surface area (Å²) in [5, 5.41) is 13.2. The van der Waals surface area contributed by atoms with Crippen LogP contribution < -0.4 is 0 Å². The van der Waals surface area contributed by atoms with Crippen molar-refractivity contribution in [2.45, 2.75) is 19.9 Å². The predicted octanol–water partition coefficient (Wildman–Crippen LogP) is 2.80. The van der Waals surface area contributed by atoms with E-state index in [9.17, 15) is 0 Å². The van der Waals surface area contributed by atoms with Crippen LogP contribution in [0.3, 0.4) is 0 Å². The molecular formula is C16H20N4. The van der Waals surface area contributed by atoms with Crippen LogP contribution in [0.4, 0.5) is 0 Å². The van der Waals surface area contributed by atoms with Gasteiger partial charge in [-0.1, -0.05) is 19.1 Å². The van der Waals surface area contributed by atoms with Crippen LogP contribution in [0.1, 0.15) is 24.6 Å². The van der Waals surface area contributed by atoms with Gasteiger partial charge in [-0.15, -0.1) is 0 Å². The number of nitrogens with zero attached hydrogens (tertiary/aromatic N) is 4. The zero-order chi connectivity index (χ0) is 14.5. The fourth-order valence-corrected chi connectivity index (χ4v) is 2.33. The molecule has 4 heteroatoms. The van der Waals surface area contributed by atoms with Gasteiger partial charge >= 0.3 is 0 Å². The first kappa shape index (κ1) is 14.3. The van der Waals surface area contributed by atoms with E-state index in [1.54, 1.807) is 0 Å². The molecule has 104 valence electrons. The predicted molar refractivity (Wildman–Crippen MR) is 80.0 cm³/mol. The van der Waals surface area contributed by atoms with Gasteiger partial charge in [-0.2, -0.15) is 10.4 Å². The van der Waals surface area contributed by atoms with E-state index in [0.29, 0.717) is 5.56 Å². The van der Waals surface area contributed by atoms with E-state index in [1.807, 2.05) is 42.2 Å². The number of hydrogen-bond acceptors (Lipinski definition) is 3. The Labute approximate surface area is 120 Å². The third-order valence-electron chi connectivity index (χ3n) is 3.41. The average Bonchev–Trinajstić information content (AvgIpc) is 2.81. The highest BCUT2D eigenvalue weighted by Gasteiger charge is 2.12. The average molecular weight is 268 g/mol. The standard InChI is InChI=1S/C16H20N4/c1-4-9-19(2)12-16-15(11-18-20(16)3)14-7-5-13(10-17)6-8-14/h5-8,11H,4,9,12H2,1-3H3. The zero-order valence-corrected chi connectivity index (χ0v) is 12.3. The monoisotopic (exact) mass is 268 g/mol. The molecule has 1 aromatic carbocycles. The molecule has 0 atom stereocenters. The molecule has 0 aliphatic rings. The van der Waals surface area contributed by atoms with Gasteiger partial charge in [0.15, 0.2) is 0 Å². The van der Waals surface area contributed by atoms with Crippen LogP contribution in [0.25, 0.3) is 11.1 Å². The molecule has 4 nitrogen and oxygen atoms in total. The number of benzene rings is 1. The second-order valence-electron chi connectivity index (χ2n) is 5.06. The maximum atomic E-state index is 8.86. The smallest absolute Gasteiger partial charge is 0.0991 e. The van der Waals surface area contributed by atoms with Crippen molar-refractivity contribution in [2.24, 2.45) is 7.05 Å². The summed E-state index contributed by atoms with van der Waals surface area (Å²) in [6.45, 7) is 4.12. The molecule has 2 rings (SSSR count). The van der Waals surface area contributed by atoms with Crippen molar-refractivity contribution in [1.82, 2.24) is 14.7 Å². The molecule has 0 saturated heterocycles. The Bertz CT molecular complexity index is 604. The summed E-state index contributed by atoms with van der Waals surface area (Å²) in [4.78, 5) is 2.30. The Morgan fingerprint density at radius 2 is 2.00 bits per heavy atom. The summed E-state index contributed by atoms with van der Waals surface area (Å²) in [7, 11) is 4.10. The fourth-order valence-electron chi connectivity index (χ4n) is 2.33. The summed E-state index contributed by atoms with van der Waals surface area (Å²) in [6, 6.07) is 9.81. The lowest BCUT2D eigenvalue weighted by Crippen LogP contribution is -2.20. The molecule has 0 radical (unpaired) electrons. The van der Waals surface area contributed by atoms with Crippen LogP contribution >= 0.6 is 0 Å². The summed E-state index contributed by atoms with van der Waals surface area (Å²) in [5.41, 5.74) is 4.13. The summed E-state index contributed by atoms with van der Waals surface area (Å²) in [5.74, 6) is 0. The highest BCUT2D eigenvalue weighted by Crippen LogP contribution is 2.24. The molecule has 1 heterocycles. The Hall–Kier alpha value is -2.12. The minimum atomic E-state index is 0.683. The lowest BCUT2D eigenvalue weighted by Gasteiger charge is -2.17. The zero-order valence-electron chi connectivity index (χ0n) is 12.3. The molecule has 20 heavy (non-hydrogen) atoms. The number of nitriles is 1. The fraction of sp³-hybridized carbons (Fsp3) is 0.375. The first-order valence-electron chi connectivity index (χ1n) is 6.85. The van der Waals surface area contributed by atoms with Gasteiger partial charge in [-0.05, 0) is 37.7 Å². The van der Waals surface area contributed by atoms with Crippen molar-refractivity contribution in [3.05, 3.63) is 41.7 Å². The van der Waals surface area contributed by atoms with Crippen molar-refractivity contribution in [1.29, 1.82) is 5.26 Å². The molecule has 0 saturated carbocycles. The Morgan fingerprint density at radius 1 is 1.30 bits per heavy atom. The molecule has 0 bridgehead atoms. The highest BCUT2D eigenvalue weighted by molar-refractivity contribution is 5.66. The molecular weight excluding hydrogens is 248 g/mol. The molecule has 0 fully saturated rings. The van der Waals surface area contributed by atoms with Crippen molar-refractivity contribution < 1.29 is 0 Å². The quantitative estimate of drug-likeness (QED) is 0.837. The number of aryl methyl sites for hydroxylation is 1. The summed E-state index contributed by atoms with van der Waals surface area (Å²) in [6.07, 6.45) is 3.04. The number of rotatable bonds is 5. The third kappa shape index (κ3) is 3.06. The van der Waals surface area contributed by atoms with Gasteiger partial charge in [0.1, 0.15) is 0 Å². The largest absolute Gasteiger partial charge is 0.301 e. The van der Waals surface area contributed by atoms with Crippen LogP contribution in [-0.4, -0.2) is 28.3 Å². The molecule has 0 spiro atoms. The second kappa shape index (κ2) is 6.36. The van der Waals surface area contributed by atoms with Crippen LogP contribution in [0.5, 0.6) is 0 Å². The lowest BCUT2D eigenvalue weighted by molar-refractivity contribution is 0.318. The van der Waals surface area contributed by atoms with Gasteiger partial charge in [-0.3, -0.25) is 4.68 Å². The van der Waals surface area contributed by atoms with E-state index >= 15 is 0 Å². The SMILES string of the molecule is CCCN(C)Cc1c(-c2ccc(C#N)cc2)cnn1C. The number of aromatic nitrogens is 2. The van der Waals surface area contributed by atoms with E-state index < -0.39 is 0 Å². The molecule has 1 aromatic heterocycles. The van der Waals surface area contributed by atoms with Gasteiger partial charge in [0.05, 0.1) is 23.5 Å². The van der Waals surface area contributed by atoms with E-state index in [2.05, 4.69) is 30.0 Å². The summed E-state index contributed by atoms with van der Waals surface area (Å²) >= 11 is 0. The normalized spacial score (nSPS) is 10.8. The molecule has 0 N–H and O–H groups in total. The maximum Gasteiger partial charge on any atom is 0.0991 e. The van der Waals surface area contributed by atoms with Gasteiger partial charge < -0.3 is 4.90 Å². The Morgan fingerprint density at radius 3 is 2.60 bits per heavy atom. The first-order valence-corrected chi connectivity index (χ1v) is 6.85. The minimum Gasteiger partial charge on any atom is -0.301 e. The van der Waals surface area contributed by atoms with E-state index in [0.717, 1.165) is 30.6 Å². The maximum absolute atomic E-state index is 8.86. The minimum absolute atomic E-state index is 0.683. The molecule has 0 aliphatic carbocycles. The van der Waals surface area contributed by atoms with E-state index in [1.165, 1.54) is 5.69 Å². The van der Waals surface area contributed by atoms with Crippen molar-refractivity contribution in [2.75, 3.05) is 13.6 Å². The van der Waals surface area contributed by atoms with E-state index in [-0.39, 0.29) is 0 Å². The van der Waals surface area contributed by atoms with Crippen LogP contribution in [0, 0.1) is 11.3 Å². The van der Waals surface area contributed by atoms with Crippen molar-refractivity contribution in [3.8, 4) is 17.2 Å². The van der Waals surface area contributed by atoms with Gasteiger partial charge in [0, 0.05) is 19.2 Å². The van der Waals surface area contributed by atoms with Crippen molar-refractivity contribution >= 4 is 0 Å². The topological polar surface area (TPSA) is 44.9 Å². The van der Waals surface area contributed by atoms with Gasteiger partial charge in [-0.25, -0.2) is 0 Å². The van der Waals surface area contributed by atoms with Gasteiger partial charge in [0.2, 0.25) is 0 Å². The highest BCUT2D eigenvalue weighted by atomic mass is 15.3. The third-order valence-corrected chi connectivity index (χ3v) is 3.41. The van der Waals surface area contributed by atoms with Crippen LogP contribution in [0.15, 0.2) is 30.5 Å². The number of hydrogen-bond donors (Lipinski definition) is 0. The second-order valence-corrected chi connectivity index (χ2v) is 5.06. The van der Waals surface area contributed by atoms with Gasteiger partial charge in [0.25, 0.3) is 0 Å². The van der Waals surface area contributed by atoms with Crippen molar-refractivity contribution in [3.63, 3.8) is 0 Å². The Balaban J connectivity index is 2.30. The Kier molecular flexibility index (Phi) is 4.54.